The highest BCUT2D eigenvalue weighted by atomic mass is 28.4. The zero-order valence-corrected chi connectivity index (χ0v) is 15.3. The van der Waals surface area contributed by atoms with Crippen molar-refractivity contribution in [2.45, 2.75) is 77.1 Å². The molecule has 0 aliphatic carbocycles. The third-order valence-electron chi connectivity index (χ3n) is 3.69. The Kier molecular flexibility index (Phi) is 5.84. The highest BCUT2D eigenvalue weighted by Crippen LogP contribution is 2.48. The fraction of sp³-hybridized carbons (Fsp3) is 0.923. The summed E-state index contributed by atoms with van der Waals surface area (Å²) < 4.78 is 6.22. The van der Waals surface area contributed by atoms with Crippen molar-refractivity contribution in [2.24, 2.45) is 0 Å². The van der Waals surface area contributed by atoms with Gasteiger partial charge in [0.25, 0.3) is 0 Å². The molecule has 0 rings (SSSR count). The van der Waals surface area contributed by atoms with Crippen molar-refractivity contribution >= 4 is 22.4 Å². The van der Waals surface area contributed by atoms with Crippen LogP contribution in [-0.2, 0) is 9.22 Å². The van der Waals surface area contributed by atoms with Crippen molar-refractivity contribution in [3.63, 3.8) is 0 Å². The average molecular weight is 291 g/mol. The molecule has 0 aromatic heterocycles. The van der Waals surface area contributed by atoms with Crippen molar-refractivity contribution in [1.29, 1.82) is 0 Å². The van der Waals surface area contributed by atoms with Crippen LogP contribution >= 0.6 is 0 Å². The number of aliphatic carboxylic acids is 1. The van der Waals surface area contributed by atoms with Crippen LogP contribution in [0.2, 0.25) is 44.3 Å². The van der Waals surface area contributed by atoms with Crippen molar-refractivity contribution in [2.75, 3.05) is 0 Å². The van der Waals surface area contributed by atoms with Crippen molar-refractivity contribution in [3.8, 4) is 0 Å². The van der Waals surface area contributed by atoms with Gasteiger partial charge >= 0.3 is 5.97 Å². The van der Waals surface area contributed by atoms with Crippen molar-refractivity contribution < 1.29 is 14.3 Å². The first-order valence-electron chi connectivity index (χ1n) is 6.83. The number of carboxylic acid groups (broad SMARTS) is 1. The minimum Gasteiger partial charge on any atom is -0.481 e. The Morgan fingerprint density at radius 1 is 1.17 bits per heavy atom. The summed E-state index contributed by atoms with van der Waals surface area (Å²) in [4.78, 5) is 12.0. The molecule has 2 atom stereocenters. The lowest BCUT2D eigenvalue weighted by molar-refractivity contribution is -0.144. The van der Waals surface area contributed by atoms with Gasteiger partial charge in [-0.15, -0.1) is 0 Å². The van der Waals surface area contributed by atoms with Gasteiger partial charge in [0, 0.05) is 0 Å². The smallest absolute Gasteiger partial charge is 0.309 e. The Morgan fingerprint density at radius 3 is 1.78 bits per heavy atom. The van der Waals surface area contributed by atoms with E-state index in [1.54, 1.807) is 0 Å². The van der Waals surface area contributed by atoms with Gasteiger partial charge in [0.15, 0.2) is 8.32 Å². The van der Waals surface area contributed by atoms with Crippen LogP contribution in [0.3, 0.4) is 0 Å². The van der Waals surface area contributed by atoms with E-state index >= 15 is 0 Å². The highest BCUT2D eigenvalue weighted by Gasteiger charge is 2.54. The molecule has 108 valence electrons. The van der Waals surface area contributed by atoms with Crippen molar-refractivity contribution in [3.05, 3.63) is 0 Å². The minimum absolute atomic E-state index is 0.154. The maximum atomic E-state index is 12.0. The maximum absolute atomic E-state index is 12.0. The van der Waals surface area contributed by atoms with Crippen LogP contribution in [0.15, 0.2) is 0 Å². The fourth-order valence-electron chi connectivity index (χ4n) is 2.81. The van der Waals surface area contributed by atoms with Gasteiger partial charge in [0.2, 0.25) is 0 Å². The summed E-state index contributed by atoms with van der Waals surface area (Å²) in [6.45, 7) is 16.8. The Bertz CT molecular complexity index is 292. The normalized spacial score (nSPS) is 18.2. The van der Waals surface area contributed by atoms with E-state index in [4.69, 9.17) is 4.43 Å². The van der Waals surface area contributed by atoms with Gasteiger partial charge in [-0.05, 0) is 32.5 Å². The molecule has 1 N–H and O–H groups in total. The number of carboxylic acids is 1. The first kappa shape index (κ1) is 17.9. The summed E-state index contributed by atoms with van der Waals surface area (Å²) in [5, 5.41) is 9.15. The van der Waals surface area contributed by atoms with Crippen LogP contribution in [0.5, 0.6) is 0 Å². The van der Waals surface area contributed by atoms with E-state index in [9.17, 15) is 9.90 Å². The molecule has 0 radical (unpaired) electrons. The van der Waals surface area contributed by atoms with E-state index in [2.05, 4.69) is 39.3 Å². The van der Waals surface area contributed by atoms with Crippen LogP contribution in [0, 0.1) is 0 Å². The van der Waals surface area contributed by atoms with Crippen molar-refractivity contribution in [1.82, 2.24) is 0 Å². The molecule has 0 aliphatic rings. The first-order valence-corrected chi connectivity index (χ1v) is 13.7. The summed E-state index contributed by atoms with van der Waals surface area (Å²) in [5.74, 6) is -0.672. The molecule has 0 aromatic rings. The summed E-state index contributed by atoms with van der Waals surface area (Å²) in [6.07, 6.45) is 1.27. The third kappa shape index (κ3) is 3.68. The van der Waals surface area contributed by atoms with Crippen LogP contribution in [0.25, 0.3) is 0 Å². The lowest BCUT2D eigenvalue weighted by atomic mass is 9.96. The topological polar surface area (TPSA) is 46.5 Å². The fourth-order valence-corrected chi connectivity index (χ4v) is 7.08. The summed E-state index contributed by atoms with van der Waals surface area (Å²) in [6, 6.07) is 0. The summed E-state index contributed by atoms with van der Waals surface area (Å²) in [7, 11) is -3.62. The number of hydrogen-bond acceptors (Lipinski definition) is 2. The second-order valence-electron chi connectivity index (χ2n) is 7.01. The molecule has 3 nitrogen and oxygen atoms in total. The average Bonchev–Trinajstić information content (AvgIpc) is 2.13. The van der Waals surface area contributed by atoms with Crippen LogP contribution < -0.4 is 0 Å². The molecule has 0 saturated heterocycles. The van der Waals surface area contributed by atoms with Gasteiger partial charge < -0.3 is 9.53 Å². The Labute approximate surface area is 114 Å². The molecule has 2 unspecified atom stereocenters. The molecule has 0 bridgehead atoms. The molecular weight excluding hydrogens is 260 g/mol. The quantitative estimate of drug-likeness (QED) is 0.715. The third-order valence-corrected chi connectivity index (χ3v) is 8.25. The molecule has 0 aromatic carbocycles. The van der Waals surface area contributed by atoms with Gasteiger partial charge in [-0.3, -0.25) is 4.79 Å². The van der Waals surface area contributed by atoms with Gasteiger partial charge in [-0.2, -0.15) is 0 Å². The Morgan fingerprint density at radius 2 is 1.61 bits per heavy atom. The number of carbonyl (C=O) groups is 1. The second-order valence-corrected chi connectivity index (χ2v) is 16.9. The molecule has 0 saturated carbocycles. The highest BCUT2D eigenvalue weighted by molar-refractivity contribution is 6.82. The van der Waals surface area contributed by atoms with Gasteiger partial charge in [-0.1, -0.05) is 33.5 Å². The standard InChI is InChI=1S/C13H30O3Si2/c1-9-11(16-18(6,7)8)13(10-2,12(14)15)17(3,4)5/h11H,9-10H2,1-8H3,(H,14,15). The van der Waals surface area contributed by atoms with Crippen LogP contribution in [0.4, 0.5) is 0 Å². The van der Waals surface area contributed by atoms with E-state index < -0.39 is 27.4 Å². The predicted octanol–water partition coefficient (Wildman–Crippen LogP) is 4.19. The van der Waals surface area contributed by atoms with Gasteiger partial charge in [0.1, 0.15) is 0 Å². The monoisotopic (exact) mass is 290 g/mol. The first-order chi connectivity index (χ1) is 7.92. The zero-order valence-electron chi connectivity index (χ0n) is 13.3. The molecule has 18 heavy (non-hydrogen) atoms. The van der Waals surface area contributed by atoms with E-state index in [1.165, 1.54) is 0 Å². The van der Waals surface area contributed by atoms with Gasteiger partial charge in [-0.25, -0.2) is 0 Å². The largest absolute Gasteiger partial charge is 0.481 e. The van der Waals surface area contributed by atoms with E-state index in [1.807, 2.05) is 13.8 Å². The van der Waals surface area contributed by atoms with E-state index in [0.717, 1.165) is 6.42 Å². The molecule has 0 aliphatic heterocycles. The number of rotatable bonds is 7. The van der Waals surface area contributed by atoms with E-state index in [-0.39, 0.29) is 6.10 Å². The lowest BCUT2D eigenvalue weighted by Gasteiger charge is -2.46. The predicted molar refractivity (Wildman–Crippen MR) is 82.5 cm³/mol. The minimum atomic E-state index is -1.89. The molecule has 0 fully saturated rings. The second kappa shape index (κ2) is 5.88. The zero-order chi connectivity index (χ0) is 14.8. The van der Waals surface area contributed by atoms with Crippen LogP contribution in [0.1, 0.15) is 26.7 Å². The van der Waals surface area contributed by atoms with Gasteiger partial charge in [0.05, 0.1) is 19.2 Å². The summed E-state index contributed by atoms with van der Waals surface area (Å²) >= 11 is 0. The summed E-state index contributed by atoms with van der Waals surface area (Å²) in [5.41, 5.74) is 0. The Balaban J connectivity index is 5.61. The van der Waals surface area contributed by atoms with Crippen LogP contribution in [-0.4, -0.2) is 33.6 Å². The van der Waals surface area contributed by atoms with E-state index in [0.29, 0.717) is 6.42 Å². The molecule has 0 spiro atoms. The lowest BCUT2D eigenvalue weighted by Crippen LogP contribution is -2.55. The number of hydrogen-bond donors (Lipinski definition) is 1. The maximum Gasteiger partial charge on any atom is 0.309 e. The molecular formula is C13H30O3Si2. The molecule has 0 amide bonds. The Hall–Kier alpha value is -0.136. The SMILES string of the molecule is CCC(O[Si](C)(C)C)C(CC)(C(=O)O)[Si](C)(C)C. The molecule has 0 heterocycles. The molecule has 5 heteroatoms.